The van der Waals surface area contributed by atoms with Crippen molar-refractivity contribution in [1.82, 2.24) is 19.7 Å². The zero-order valence-electron chi connectivity index (χ0n) is 15.3. The predicted molar refractivity (Wildman–Crippen MR) is 106 cm³/mol. The van der Waals surface area contributed by atoms with Gasteiger partial charge in [0.25, 0.3) is 0 Å². The second-order valence-electron chi connectivity index (χ2n) is 5.69. The Morgan fingerprint density at radius 1 is 1.20 bits per heavy atom. The average molecular weight is 353 g/mol. The summed E-state index contributed by atoms with van der Waals surface area (Å²) in [4.78, 5) is 10.1. The molecule has 1 N–H and O–H groups in total. The van der Waals surface area contributed by atoms with Crippen LogP contribution in [-0.4, -0.2) is 19.7 Å². The molecule has 0 aliphatic rings. The first-order valence-corrected chi connectivity index (χ1v) is 9.32. The van der Waals surface area contributed by atoms with E-state index in [4.69, 9.17) is 0 Å². The molecule has 0 radical (unpaired) electrons. The van der Waals surface area contributed by atoms with Crippen LogP contribution in [0, 0.1) is 13.8 Å². The van der Waals surface area contributed by atoms with Crippen LogP contribution in [0.4, 0.5) is 5.82 Å². The quantitative estimate of drug-likeness (QED) is 0.573. The van der Waals surface area contributed by atoms with Crippen molar-refractivity contribution in [3.8, 4) is 0 Å². The summed E-state index contributed by atoms with van der Waals surface area (Å²) in [5.41, 5.74) is 4.45. The third-order valence-electron chi connectivity index (χ3n) is 3.91. The Hall–Kier alpha value is -2.47. The van der Waals surface area contributed by atoms with Gasteiger partial charge in [-0.2, -0.15) is 5.10 Å². The number of fused-ring (bicyclic) bond motifs is 3. The molecule has 0 aliphatic carbocycles. The van der Waals surface area contributed by atoms with E-state index >= 15 is 0 Å². The molecule has 0 spiro atoms. The number of aryl methyl sites for hydroxylation is 3. The van der Waals surface area contributed by atoms with Crippen molar-refractivity contribution < 1.29 is 0 Å². The number of hydrogen-bond donors (Lipinski definition) is 1. The van der Waals surface area contributed by atoms with Crippen LogP contribution in [0.25, 0.3) is 20.4 Å². The molecule has 4 heterocycles. The van der Waals surface area contributed by atoms with E-state index in [0.717, 1.165) is 32.3 Å². The molecular formula is C19H23N5S. The second-order valence-corrected chi connectivity index (χ2v) is 6.69. The van der Waals surface area contributed by atoms with Crippen molar-refractivity contribution in [3.63, 3.8) is 0 Å². The molecule has 130 valence electrons. The van der Waals surface area contributed by atoms with Crippen molar-refractivity contribution >= 4 is 37.6 Å². The molecule has 0 fully saturated rings. The molecule has 4 aromatic heterocycles. The van der Waals surface area contributed by atoms with Gasteiger partial charge in [-0.05, 0) is 37.6 Å². The largest absolute Gasteiger partial charge is 0.362 e. The fraction of sp³-hybridized carbons (Fsp3) is 0.316. The van der Waals surface area contributed by atoms with Gasteiger partial charge < -0.3 is 5.32 Å². The highest BCUT2D eigenvalue weighted by molar-refractivity contribution is 7.26. The SMILES string of the molecule is CC.Cc1cc(C)c2c(n1)sc1c(NCc3ccccn3)nn(C)c12. The van der Waals surface area contributed by atoms with Crippen LogP contribution in [0.1, 0.15) is 30.8 Å². The number of rotatable bonds is 3. The van der Waals surface area contributed by atoms with Gasteiger partial charge in [-0.3, -0.25) is 9.67 Å². The van der Waals surface area contributed by atoms with E-state index < -0.39 is 0 Å². The van der Waals surface area contributed by atoms with Gasteiger partial charge >= 0.3 is 0 Å². The predicted octanol–water partition coefficient (Wildman–Crippen LogP) is 4.83. The molecular weight excluding hydrogens is 330 g/mol. The van der Waals surface area contributed by atoms with Crippen LogP contribution in [0.2, 0.25) is 0 Å². The minimum absolute atomic E-state index is 0.659. The minimum atomic E-state index is 0.659. The van der Waals surface area contributed by atoms with E-state index in [1.165, 1.54) is 10.9 Å². The monoisotopic (exact) mass is 353 g/mol. The summed E-state index contributed by atoms with van der Waals surface area (Å²) in [7, 11) is 1.99. The molecule has 0 saturated carbocycles. The summed E-state index contributed by atoms with van der Waals surface area (Å²) >= 11 is 1.70. The third-order valence-corrected chi connectivity index (χ3v) is 4.99. The fourth-order valence-electron chi connectivity index (χ4n) is 2.93. The Bertz CT molecular complexity index is 1000. The molecule has 0 saturated heterocycles. The van der Waals surface area contributed by atoms with Gasteiger partial charge in [0, 0.05) is 24.3 Å². The first kappa shape index (κ1) is 17.4. The lowest BCUT2D eigenvalue weighted by Gasteiger charge is -2.02. The number of pyridine rings is 2. The van der Waals surface area contributed by atoms with E-state index in [1.807, 2.05) is 50.7 Å². The number of aromatic nitrogens is 4. The van der Waals surface area contributed by atoms with Crippen LogP contribution in [0.5, 0.6) is 0 Å². The molecule has 0 bridgehead atoms. The summed E-state index contributed by atoms with van der Waals surface area (Å²) in [5.74, 6) is 0.896. The van der Waals surface area contributed by atoms with E-state index in [-0.39, 0.29) is 0 Å². The standard InChI is InChI=1S/C17H17N5S.C2H6/c1-10-8-11(2)20-17-13(10)14-15(23-17)16(21-22(14)3)19-9-12-6-4-5-7-18-12;1-2/h4-8H,9H2,1-3H3,(H,19,21);1-2H3. The number of thiophene rings is 1. The van der Waals surface area contributed by atoms with E-state index in [0.29, 0.717) is 6.54 Å². The first-order chi connectivity index (χ1) is 12.1. The minimum Gasteiger partial charge on any atom is -0.362 e. The molecule has 4 aromatic rings. The zero-order chi connectivity index (χ0) is 18.0. The molecule has 4 rings (SSSR count). The van der Waals surface area contributed by atoms with E-state index in [1.54, 1.807) is 17.5 Å². The van der Waals surface area contributed by atoms with Gasteiger partial charge in [0.15, 0.2) is 5.82 Å². The van der Waals surface area contributed by atoms with Crippen molar-refractivity contribution in [2.45, 2.75) is 34.2 Å². The number of hydrogen-bond acceptors (Lipinski definition) is 5. The van der Waals surface area contributed by atoms with Crippen LogP contribution < -0.4 is 5.32 Å². The lowest BCUT2D eigenvalue weighted by atomic mass is 10.1. The normalized spacial score (nSPS) is 10.8. The Kier molecular flexibility index (Phi) is 4.99. The average Bonchev–Trinajstić information content (AvgIpc) is 3.13. The summed E-state index contributed by atoms with van der Waals surface area (Å²) in [6, 6.07) is 8.05. The lowest BCUT2D eigenvalue weighted by molar-refractivity contribution is 0.798. The van der Waals surface area contributed by atoms with Gasteiger partial charge in [-0.15, -0.1) is 11.3 Å². The summed E-state index contributed by atoms with van der Waals surface area (Å²) in [6.07, 6.45) is 1.81. The molecule has 25 heavy (non-hydrogen) atoms. The van der Waals surface area contributed by atoms with E-state index in [2.05, 4.69) is 33.4 Å². The fourth-order valence-corrected chi connectivity index (χ4v) is 4.21. The number of nitrogens with one attached hydrogen (secondary N) is 1. The highest BCUT2D eigenvalue weighted by atomic mass is 32.1. The highest BCUT2D eigenvalue weighted by Crippen LogP contribution is 2.38. The summed E-state index contributed by atoms with van der Waals surface area (Å²) in [6.45, 7) is 8.83. The van der Waals surface area contributed by atoms with Gasteiger partial charge in [-0.1, -0.05) is 19.9 Å². The molecule has 6 heteroatoms. The van der Waals surface area contributed by atoms with Gasteiger partial charge in [0.05, 0.1) is 22.5 Å². The molecule has 0 aromatic carbocycles. The van der Waals surface area contributed by atoms with Gasteiger partial charge in [0.1, 0.15) is 4.83 Å². The number of nitrogens with zero attached hydrogens (tertiary/aromatic N) is 4. The highest BCUT2D eigenvalue weighted by Gasteiger charge is 2.17. The Morgan fingerprint density at radius 2 is 2.00 bits per heavy atom. The van der Waals surface area contributed by atoms with Crippen LogP contribution in [0.3, 0.4) is 0 Å². The first-order valence-electron chi connectivity index (χ1n) is 8.50. The topological polar surface area (TPSA) is 55.6 Å². The van der Waals surface area contributed by atoms with Crippen molar-refractivity contribution in [3.05, 3.63) is 47.4 Å². The molecule has 0 atom stereocenters. The van der Waals surface area contributed by atoms with Crippen LogP contribution in [-0.2, 0) is 13.6 Å². The maximum absolute atomic E-state index is 4.68. The zero-order valence-corrected chi connectivity index (χ0v) is 16.1. The smallest absolute Gasteiger partial charge is 0.166 e. The van der Waals surface area contributed by atoms with Crippen LogP contribution in [0.15, 0.2) is 30.5 Å². The molecule has 5 nitrogen and oxygen atoms in total. The van der Waals surface area contributed by atoms with Gasteiger partial charge in [-0.25, -0.2) is 4.98 Å². The molecule has 0 unspecified atom stereocenters. The second kappa shape index (κ2) is 7.19. The van der Waals surface area contributed by atoms with Gasteiger partial charge in [0.2, 0.25) is 0 Å². The molecule has 0 amide bonds. The Balaban J connectivity index is 0.000000880. The van der Waals surface area contributed by atoms with Crippen molar-refractivity contribution in [2.24, 2.45) is 7.05 Å². The van der Waals surface area contributed by atoms with Crippen molar-refractivity contribution in [1.29, 1.82) is 0 Å². The maximum atomic E-state index is 4.68. The Morgan fingerprint density at radius 3 is 2.72 bits per heavy atom. The summed E-state index contributed by atoms with van der Waals surface area (Å²) in [5, 5.41) is 9.25. The van der Waals surface area contributed by atoms with E-state index in [9.17, 15) is 0 Å². The van der Waals surface area contributed by atoms with Crippen LogP contribution >= 0.6 is 11.3 Å². The maximum Gasteiger partial charge on any atom is 0.166 e. The lowest BCUT2D eigenvalue weighted by Crippen LogP contribution is -2.02. The summed E-state index contributed by atoms with van der Waals surface area (Å²) < 4.78 is 3.10. The Labute approximate surface area is 151 Å². The van der Waals surface area contributed by atoms with Crippen molar-refractivity contribution in [2.75, 3.05) is 5.32 Å². The molecule has 0 aliphatic heterocycles. The third kappa shape index (κ3) is 3.22. The number of anilines is 1.